The molecule has 0 bridgehead atoms. The number of nitro groups is 1. The maximum Gasteiger partial charge on any atom is 0.325 e. The molecule has 2 amide bonds. The number of hydrogen-bond donors (Lipinski definition) is 3. The van der Waals surface area contributed by atoms with E-state index in [1.165, 1.54) is 17.8 Å². The molecule has 0 aromatic heterocycles. The molecule has 5 rings (SSSR count). The molecule has 284 valence electrons. The number of nitrogens with one attached hydrogen (secondary N) is 3. The summed E-state index contributed by atoms with van der Waals surface area (Å²) in [5, 5.41) is 17.5. The fraction of sp³-hybridized carbons (Fsp3) is 0.233. The van der Waals surface area contributed by atoms with Crippen molar-refractivity contribution in [2.24, 2.45) is 0 Å². The summed E-state index contributed by atoms with van der Waals surface area (Å²) in [6.45, 7) is 4.83. The van der Waals surface area contributed by atoms with Gasteiger partial charge in [0.1, 0.15) is 29.1 Å². The number of rotatable bonds is 17. The van der Waals surface area contributed by atoms with E-state index in [0.717, 1.165) is 34.2 Å². The van der Waals surface area contributed by atoms with E-state index in [-0.39, 0.29) is 24.4 Å². The second-order valence-corrected chi connectivity index (χ2v) is 15.8. The molecule has 10 nitrogen and oxygen atoms in total. The molecule has 3 N–H and O–H groups in total. The summed E-state index contributed by atoms with van der Waals surface area (Å²) in [6.07, 6.45) is 0.145. The van der Waals surface area contributed by atoms with Crippen molar-refractivity contribution in [2.45, 2.75) is 54.5 Å². The Hall–Kier alpha value is -5.43. The molecule has 0 saturated carbocycles. The molecular weight excluding hydrogens is 733 g/mol. The fourth-order valence-corrected chi connectivity index (χ4v) is 8.48. The molecule has 0 unspecified atom stereocenters. The van der Waals surface area contributed by atoms with Gasteiger partial charge in [0.25, 0.3) is 5.69 Å². The number of carbonyl (C=O) groups excluding carboxylic acids is 3. The molecule has 5 aromatic rings. The Balaban J connectivity index is 1.50. The Bertz CT molecular complexity index is 1930. The number of thioether (sulfide) groups is 1. The van der Waals surface area contributed by atoms with Crippen molar-refractivity contribution in [2.75, 3.05) is 12.3 Å². The third kappa shape index (κ3) is 11.3. The molecule has 0 aliphatic heterocycles. The third-order valence-corrected chi connectivity index (χ3v) is 11.0. The highest BCUT2D eigenvalue weighted by Crippen LogP contribution is 2.48. The lowest BCUT2D eigenvalue weighted by atomic mass is 9.84. The lowest BCUT2D eigenvalue weighted by molar-refractivity contribution is -0.387. The van der Waals surface area contributed by atoms with Gasteiger partial charge in [0.2, 0.25) is 11.8 Å². The Morgan fingerprint density at radius 3 is 1.69 bits per heavy atom. The first-order valence-electron chi connectivity index (χ1n) is 17.8. The van der Waals surface area contributed by atoms with Crippen molar-refractivity contribution >= 4 is 47.2 Å². The predicted octanol–water partition coefficient (Wildman–Crippen LogP) is 7.47. The van der Waals surface area contributed by atoms with Crippen molar-refractivity contribution in [3.63, 3.8) is 0 Å². The Labute approximate surface area is 330 Å². The Kier molecular flexibility index (Phi) is 14.3. The number of nitrogens with zero attached hydrogens (tertiary/aromatic N) is 1. The van der Waals surface area contributed by atoms with E-state index in [1.54, 1.807) is 39.0 Å². The summed E-state index contributed by atoms with van der Waals surface area (Å²) in [5.74, 6) is -1.50. The highest BCUT2D eigenvalue weighted by molar-refractivity contribution is 8.01. The van der Waals surface area contributed by atoms with Gasteiger partial charge in [-0.1, -0.05) is 133 Å². The molecule has 55 heavy (non-hydrogen) atoms. The standard InChI is InChI=1S/C43H44N4O6S2/c1-42(2,3)53-39(48)29-44-40(49)35(28-31-18-8-4-9-19-31)45-41(50)36(46-55-38-27-17-16-26-37(38)47(51)52)30-54-43(32-20-10-5-11-21-32,33-22-12-6-13-23-33)34-24-14-7-15-25-34/h4-27,35-36,46H,28-30H2,1-3H3,(H,44,49)(H,45,50)/t35-,36-/m1/s1. The van der Waals surface area contributed by atoms with Crippen LogP contribution in [0, 0.1) is 10.1 Å². The SMILES string of the molecule is CC(C)(C)OC(=O)CNC(=O)[C@@H](Cc1ccccc1)NC(=O)[C@@H](CSC(c1ccccc1)(c1ccccc1)c1ccccc1)NSc1ccccc1[N+](=O)[O-]. The summed E-state index contributed by atoms with van der Waals surface area (Å²) < 4.78 is 7.81. The van der Waals surface area contributed by atoms with Crippen molar-refractivity contribution in [3.05, 3.63) is 178 Å². The van der Waals surface area contributed by atoms with Crippen molar-refractivity contribution in [3.8, 4) is 0 Å². The maximum absolute atomic E-state index is 14.5. The number of nitro benzene ring substituents is 1. The van der Waals surface area contributed by atoms with Crippen LogP contribution in [-0.2, 0) is 30.3 Å². The molecule has 5 aromatic carbocycles. The Morgan fingerprint density at radius 1 is 0.691 bits per heavy atom. The van der Waals surface area contributed by atoms with Crippen LogP contribution in [0.25, 0.3) is 0 Å². The second kappa shape index (κ2) is 19.2. The number of carbonyl (C=O) groups is 3. The van der Waals surface area contributed by atoms with Gasteiger partial charge in [0.05, 0.1) is 9.67 Å². The van der Waals surface area contributed by atoms with E-state index >= 15 is 0 Å². The third-order valence-electron chi connectivity index (χ3n) is 8.44. The molecule has 0 aliphatic rings. The van der Waals surface area contributed by atoms with E-state index in [2.05, 4.69) is 51.8 Å². The highest BCUT2D eigenvalue weighted by Gasteiger charge is 2.39. The number of benzene rings is 5. The smallest absolute Gasteiger partial charge is 0.325 e. The minimum atomic E-state index is -1.06. The van der Waals surface area contributed by atoms with Gasteiger partial charge in [-0.15, -0.1) is 11.8 Å². The van der Waals surface area contributed by atoms with Crippen molar-refractivity contribution in [1.29, 1.82) is 0 Å². The zero-order valence-electron chi connectivity index (χ0n) is 30.8. The minimum Gasteiger partial charge on any atom is -0.459 e. The zero-order chi connectivity index (χ0) is 39.3. The number of amides is 2. The number of para-hydroxylation sites is 1. The van der Waals surface area contributed by atoms with E-state index in [1.807, 2.05) is 84.9 Å². The first kappa shape index (κ1) is 40.7. The Morgan fingerprint density at radius 2 is 1.18 bits per heavy atom. The topological polar surface area (TPSA) is 140 Å². The van der Waals surface area contributed by atoms with Crippen LogP contribution in [0.3, 0.4) is 0 Å². The number of esters is 1. The van der Waals surface area contributed by atoms with Crippen LogP contribution in [0.15, 0.2) is 150 Å². The second-order valence-electron chi connectivity index (χ2n) is 13.6. The minimum absolute atomic E-state index is 0.109. The zero-order valence-corrected chi connectivity index (χ0v) is 32.5. The van der Waals surface area contributed by atoms with E-state index in [9.17, 15) is 24.5 Å². The molecule has 0 aliphatic carbocycles. The molecule has 0 radical (unpaired) electrons. The normalized spacial score (nSPS) is 12.6. The lowest BCUT2D eigenvalue weighted by Crippen LogP contribution is -2.54. The quantitative estimate of drug-likeness (QED) is 0.0289. The van der Waals surface area contributed by atoms with E-state index in [4.69, 9.17) is 4.74 Å². The van der Waals surface area contributed by atoms with Crippen molar-refractivity contribution < 1.29 is 24.0 Å². The number of hydrogen-bond acceptors (Lipinski definition) is 9. The van der Waals surface area contributed by atoms with Crippen LogP contribution in [0.4, 0.5) is 5.69 Å². The lowest BCUT2D eigenvalue weighted by Gasteiger charge is -2.36. The fourth-order valence-electron chi connectivity index (χ4n) is 5.96. The van der Waals surface area contributed by atoms with Crippen LogP contribution < -0.4 is 15.4 Å². The maximum atomic E-state index is 14.5. The molecule has 0 spiro atoms. The summed E-state index contributed by atoms with van der Waals surface area (Å²) in [5.41, 5.74) is 2.92. The van der Waals surface area contributed by atoms with Crippen molar-refractivity contribution in [1.82, 2.24) is 15.4 Å². The summed E-state index contributed by atoms with van der Waals surface area (Å²) in [4.78, 5) is 52.5. The van der Waals surface area contributed by atoms with Gasteiger partial charge in [-0.05, 0) is 61.0 Å². The van der Waals surface area contributed by atoms with Gasteiger partial charge >= 0.3 is 5.97 Å². The predicted molar refractivity (Wildman–Crippen MR) is 218 cm³/mol. The van der Waals surface area contributed by atoms with Gasteiger partial charge in [-0.2, -0.15) is 0 Å². The van der Waals surface area contributed by atoms with Gasteiger partial charge in [-0.3, -0.25) is 24.5 Å². The summed E-state index contributed by atoms with van der Waals surface area (Å²) >= 11 is 2.52. The molecule has 0 saturated heterocycles. The average Bonchev–Trinajstić information content (AvgIpc) is 3.19. The molecule has 12 heteroatoms. The van der Waals surface area contributed by atoms with Gasteiger partial charge < -0.3 is 15.4 Å². The number of ether oxygens (including phenoxy) is 1. The van der Waals surface area contributed by atoms with Crippen LogP contribution in [-0.4, -0.2) is 52.7 Å². The van der Waals surface area contributed by atoms with Crippen LogP contribution >= 0.6 is 23.7 Å². The van der Waals surface area contributed by atoms with Gasteiger partial charge in [0.15, 0.2) is 0 Å². The average molecular weight is 777 g/mol. The molecule has 0 fully saturated rings. The van der Waals surface area contributed by atoms with E-state index in [0.29, 0.717) is 4.90 Å². The molecule has 2 atom stereocenters. The van der Waals surface area contributed by atoms with Crippen LogP contribution in [0.1, 0.15) is 43.0 Å². The first-order valence-corrected chi connectivity index (χ1v) is 19.6. The van der Waals surface area contributed by atoms with E-state index < -0.39 is 45.1 Å². The van der Waals surface area contributed by atoms with Crippen LogP contribution in [0.5, 0.6) is 0 Å². The summed E-state index contributed by atoms with van der Waals surface area (Å²) in [6, 6.07) is 43.6. The largest absolute Gasteiger partial charge is 0.459 e. The van der Waals surface area contributed by atoms with Gasteiger partial charge in [0, 0.05) is 18.2 Å². The molecule has 0 heterocycles. The van der Waals surface area contributed by atoms with Gasteiger partial charge in [-0.25, -0.2) is 4.72 Å². The monoisotopic (exact) mass is 776 g/mol. The molecular formula is C43H44N4O6S2. The van der Waals surface area contributed by atoms with Crippen LogP contribution in [0.2, 0.25) is 0 Å². The first-order chi connectivity index (χ1) is 26.5. The highest BCUT2D eigenvalue weighted by atomic mass is 32.2. The summed E-state index contributed by atoms with van der Waals surface area (Å²) in [7, 11) is 0.